The van der Waals surface area contributed by atoms with Crippen LogP contribution in [-0.4, -0.2) is 25.8 Å². The molecule has 0 saturated carbocycles. The maximum atomic E-state index is 12.3. The zero-order valence-electron chi connectivity index (χ0n) is 22.1. The molecule has 0 N–H and O–H groups in total. The number of allylic oxidation sites excluding steroid dienone is 8. The van der Waals surface area contributed by atoms with E-state index in [0.717, 1.165) is 33.8 Å². The number of hydrogen-bond acceptors (Lipinski definition) is 4. The highest BCUT2D eigenvalue weighted by molar-refractivity contribution is 6.09. The van der Waals surface area contributed by atoms with E-state index >= 15 is 0 Å². The molecule has 0 spiro atoms. The molecule has 0 atom stereocenters. The second-order valence-corrected chi connectivity index (χ2v) is 10.4. The summed E-state index contributed by atoms with van der Waals surface area (Å²) in [4.78, 5) is 24.7. The maximum absolute atomic E-state index is 12.3. The van der Waals surface area contributed by atoms with Gasteiger partial charge in [0.05, 0.1) is 14.2 Å². The SMILES string of the molecule is COC1=CC=C(C(=O)c2ccccc2)CC1(C)C.COC1=CC=C(C(=O)c2ccccc2)CC1(C)C. The molecule has 0 amide bonds. The first kappa shape index (κ1) is 26.9. The predicted octanol–water partition coefficient (Wildman–Crippen LogP) is 7.51. The lowest BCUT2D eigenvalue weighted by molar-refractivity contribution is 0.100. The number of carbonyl (C=O) groups excluding carboxylic acids is 2. The van der Waals surface area contributed by atoms with Gasteiger partial charge in [-0.05, 0) is 25.0 Å². The Morgan fingerprint density at radius 3 is 1.19 bits per heavy atom. The molecule has 4 heteroatoms. The molecule has 0 aliphatic heterocycles. The van der Waals surface area contributed by atoms with E-state index in [4.69, 9.17) is 9.47 Å². The van der Waals surface area contributed by atoms with Crippen LogP contribution in [0.5, 0.6) is 0 Å². The molecular weight excluding hydrogens is 448 g/mol. The summed E-state index contributed by atoms with van der Waals surface area (Å²) in [5.41, 5.74) is 2.92. The molecule has 2 aromatic rings. The van der Waals surface area contributed by atoms with Gasteiger partial charge in [-0.25, -0.2) is 0 Å². The molecule has 0 heterocycles. The number of methoxy groups -OCH3 is 2. The molecule has 2 aliphatic rings. The Morgan fingerprint density at radius 1 is 0.583 bits per heavy atom. The van der Waals surface area contributed by atoms with Gasteiger partial charge >= 0.3 is 0 Å². The van der Waals surface area contributed by atoms with E-state index in [1.165, 1.54) is 0 Å². The minimum Gasteiger partial charge on any atom is -0.501 e. The minimum atomic E-state index is -0.122. The van der Waals surface area contributed by atoms with Crippen molar-refractivity contribution >= 4 is 11.6 Å². The number of ketones is 2. The maximum Gasteiger partial charge on any atom is 0.189 e. The molecule has 2 aliphatic carbocycles. The number of hydrogen-bond donors (Lipinski definition) is 0. The van der Waals surface area contributed by atoms with Crippen molar-refractivity contribution in [3.05, 3.63) is 119 Å². The summed E-state index contributed by atoms with van der Waals surface area (Å²) in [7, 11) is 3.34. The Hall–Kier alpha value is -3.66. The Labute approximate surface area is 215 Å². The van der Waals surface area contributed by atoms with E-state index in [-0.39, 0.29) is 22.4 Å². The van der Waals surface area contributed by atoms with Crippen molar-refractivity contribution < 1.29 is 19.1 Å². The van der Waals surface area contributed by atoms with E-state index in [1.807, 2.05) is 85.0 Å². The second-order valence-electron chi connectivity index (χ2n) is 10.4. The van der Waals surface area contributed by atoms with Crippen LogP contribution in [0, 0.1) is 10.8 Å². The molecule has 4 rings (SSSR count). The molecule has 4 nitrogen and oxygen atoms in total. The van der Waals surface area contributed by atoms with E-state index in [2.05, 4.69) is 27.7 Å². The second kappa shape index (κ2) is 11.4. The van der Waals surface area contributed by atoms with Gasteiger partial charge in [0.2, 0.25) is 0 Å². The minimum absolute atomic E-state index is 0.107. The fourth-order valence-electron chi connectivity index (χ4n) is 4.60. The van der Waals surface area contributed by atoms with Crippen molar-refractivity contribution in [3.8, 4) is 0 Å². The van der Waals surface area contributed by atoms with Gasteiger partial charge in [-0.3, -0.25) is 9.59 Å². The van der Waals surface area contributed by atoms with Crippen LogP contribution in [0.3, 0.4) is 0 Å². The van der Waals surface area contributed by atoms with Crippen molar-refractivity contribution in [2.24, 2.45) is 10.8 Å². The fourth-order valence-corrected chi connectivity index (χ4v) is 4.60. The third kappa shape index (κ3) is 6.31. The predicted molar refractivity (Wildman–Crippen MR) is 145 cm³/mol. The highest BCUT2D eigenvalue weighted by Crippen LogP contribution is 2.39. The van der Waals surface area contributed by atoms with Crippen LogP contribution in [-0.2, 0) is 9.47 Å². The Bertz CT molecular complexity index is 1110. The lowest BCUT2D eigenvalue weighted by Crippen LogP contribution is -2.22. The molecule has 0 radical (unpaired) electrons. The van der Waals surface area contributed by atoms with Gasteiger partial charge in [0.15, 0.2) is 11.6 Å². The summed E-state index contributed by atoms with van der Waals surface area (Å²) >= 11 is 0. The van der Waals surface area contributed by atoms with Crippen LogP contribution < -0.4 is 0 Å². The first-order chi connectivity index (χ1) is 17.1. The molecule has 0 unspecified atom stereocenters. The van der Waals surface area contributed by atoms with Crippen LogP contribution in [0.1, 0.15) is 61.3 Å². The average Bonchev–Trinajstić information content (AvgIpc) is 2.88. The standard InChI is InChI=1S/2C16H18O2/c2*1-16(2)11-13(9-10-14(16)18-3)15(17)12-7-5-4-6-8-12/h2*4-10H,11H2,1-3H3. The highest BCUT2D eigenvalue weighted by Gasteiger charge is 2.32. The number of Topliss-reactive ketones (excluding diaryl/α,β-unsaturated/α-hetero) is 2. The molecule has 0 saturated heterocycles. The lowest BCUT2D eigenvalue weighted by atomic mass is 9.78. The number of rotatable bonds is 6. The van der Waals surface area contributed by atoms with Gasteiger partial charge in [-0.15, -0.1) is 0 Å². The Morgan fingerprint density at radius 2 is 0.917 bits per heavy atom. The van der Waals surface area contributed by atoms with Crippen molar-refractivity contribution in [2.75, 3.05) is 14.2 Å². The molecular formula is C32H36O4. The lowest BCUT2D eigenvalue weighted by Gasteiger charge is -2.30. The van der Waals surface area contributed by atoms with Crippen molar-refractivity contribution in [1.29, 1.82) is 0 Å². The van der Waals surface area contributed by atoms with E-state index in [1.54, 1.807) is 14.2 Å². The van der Waals surface area contributed by atoms with E-state index < -0.39 is 0 Å². The highest BCUT2D eigenvalue weighted by atomic mass is 16.5. The summed E-state index contributed by atoms with van der Waals surface area (Å²) in [5, 5.41) is 0. The summed E-state index contributed by atoms with van der Waals surface area (Å²) in [5.74, 6) is 2.06. The van der Waals surface area contributed by atoms with E-state index in [9.17, 15) is 9.59 Å². The molecule has 0 aromatic heterocycles. The fraction of sp³-hybridized carbons (Fsp3) is 0.312. The molecule has 36 heavy (non-hydrogen) atoms. The monoisotopic (exact) mass is 484 g/mol. The summed E-state index contributed by atoms with van der Waals surface area (Å²) < 4.78 is 10.7. The summed E-state index contributed by atoms with van der Waals surface area (Å²) in [6.07, 6.45) is 8.97. The zero-order valence-corrected chi connectivity index (χ0v) is 22.1. The van der Waals surface area contributed by atoms with Crippen LogP contribution >= 0.6 is 0 Å². The summed E-state index contributed by atoms with van der Waals surface area (Å²) in [6.45, 7) is 8.36. The van der Waals surface area contributed by atoms with Crippen molar-refractivity contribution in [2.45, 2.75) is 40.5 Å². The number of benzene rings is 2. The van der Waals surface area contributed by atoms with Crippen LogP contribution in [0.2, 0.25) is 0 Å². The first-order valence-electron chi connectivity index (χ1n) is 12.2. The van der Waals surface area contributed by atoms with Gasteiger partial charge in [0.25, 0.3) is 0 Å². The van der Waals surface area contributed by atoms with Gasteiger partial charge in [-0.1, -0.05) is 101 Å². The van der Waals surface area contributed by atoms with Crippen LogP contribution in [0.4, 0.5) is 0 Å². The van der Waals surface area contributed by atoms with Gasteiger partial charge in [0, 0.05) is 33.1 Å². The molecule has 188 valence electrons. The largest absolute Gasteiger partial charge is 0.501 e. The number of ether oxygens (including phenoxy) is 2. The van der Waals surface area contributed by atoms with Crippen molar-refractivity contribution in [3.63, 3.8) is 0 Å². The average molecular weight is 485 g/mol. The first-order valence-corrected chi connectivity index (χ1v) is 12.2. The number of carbonyl (C=O) groups is 2. The molecule has 2 aromatic carbocycles. The van der Waals surface area contributed by atoms with Crippen molar-refractivity contribution in [1.82, 2.24) is 0 Å². The van der Waals surface area contributed by atoms with Crippen LogP contribution in [0.25, 0.3) is 0 Å². The smallest absolute Gasteiger partial charge is 0.189 e. The molecule has 0 bridgehead atoms. The third-order valence-corrected chi connectivity index (χ3v) is 6.57. The van der Waals surface area contributed by atoms with Crippen LogP contribution in [0.15, 0.2) is 108 Å². The van der Waals surface area contributed by atoms with E-state index in [0.29, 0.717) is 12.8 Å². The van der Waals surface area contributed by atoms with Gasteiger partial charge in [0.1, 0.15) is 11.5 Å². The normalized spacial score (nSPS) is 17.7. The third-order valence-electron chi connectivity index (χ3n) is 6.57. The zero-order chi connectivity index (χ0) is 26.3. The Kier molecular flexibility index (Phi) is 8.52. The molecule has 0 fully saturated rings. The quantitative estimate of drug-likeness (QED) is 0.398. The topological polar surface area (TPSA) is 52.6 Å². The van der Waals surface area contributed by atoms with Gasteiger partial charge in [-0.2, -0.15) is 0 Å². The Balaban J connectivity index is 0.000000201. The van der Waals surface area contributed by atoms with Gasteiger partial charge < -0.3 is 9.47 Å². The summed E-state index contributed by atoms with van der Waals surface area (Å²) in [6, 6.07) is 18.8.